The Bertz CT molecular complexity index is 190. The van der Waals surface area contributed by atoms with Gasteiger partial charge in [0.05, 0.1) is 26.7 Å². The third kappa shape index (κ3) is 5.53. The normalized spacial score (nSPS) is 11.9. The Kier molecular flexibility index (Phi) is 6.74. The molecule has 1 atom stereocenters. The number of rotatable bonds is 6. The van der Waals surface area contributed by atoms with E-state index in [9.17, 15) is 9.59 Å². The van der Waals surface area contributed by atoms with Crippen LogP contribution in [0, 0.1) is 0 Å². The lowest BCUT2D eigenvalue weighted by atomic mass is 10.1. The van der Waals surface area contributed by atoms with Gasteiger partial charge in [-0.2, -0.15) is 0 Å². The molecule has 5 heteroatoms. The van der Waals surface area contributed by atoms with Crippen molar-refractivity contribution in [1.82, 2.24) is 0 Å². The molecule has 0 radical (unpaired) electrons. The quantitative estimate of drug-likeness (QED) is 0.590. The Hall–Kier alpha value is -1.10. The molecular weight excluding hydrogens is 188 g/mol. The molecule has 0 aromatic rings. The number of esters is 2. The first-order valence-electron chi connectivity index (χ1n) is 4.30. The molecule has 0 spiro atoms. The van der Waals surface area contributed by atoms with Crippen molar-refractivity contribution in [2.75, 3.05) is 21.3 Å². The van der Waals surface area contributed by atoms with Crippen LogP contribution in [0.15, 0.2) is 0 Å². The van der Waals surface area contributed by atoms with Crippen molar-refractivity contribution in [2.24, 2.45) is 0 Å². The SMILES string of the molecule is COC(=O)CC[C@@H](CC(=O)OC)OC. The molecule has 0 heterocycles. The molecule has 0 amide bonds. The van der Waals surface area contributed by atoms with Crippen LogP contribution in [-0.2, 0) is 23.8 Å². The van der Waals surface area contributed by atoms with Gasteiger partial charge in [0.25, 0.3) is 0 Å². The van der Waals surface area contributed by atoms with Crippen molar-refractivity contribution < 1.29 is 23.8 Å². The maximum Gasteiger partial charge on any atom is 0.308 e. The zero-order valence-corrected chi connectivity index (χ0v) is 8.74. The van der Waals surface area contributed by atoms with Gasteiger partial charge in [-0.05, 0) is 6.42 Å². The summed E-state index contributed by atoms with van der Waals surface area (Å²) in [4.78, 5) is 21.7. The van der Waals surface area contributed by atoms with Crippen LogP contribution in [-0.4, -0.2) is 39.4 Å². The lowest BCUT2D eigenvalue weighted by Gasteiger charge is -2.12. The summed E-state index contributed by atoms with van der Waals surface area (Å²) in [5.41, 5.74) is 0. The summed E-state index contributed by atoms with van der Waals surface area (Å²) in [5, 5.41) is 0. The molecule has 0 aliphatic heterocycles. The Morgan fingerprint density at radius 2 is 1.64 bits per heavy atom. The Labute approximate surface area is 83.3 Å². The van der Waals surface area contributed by atoms with E-state index in [1.165, 1.54) is 21.3 Å². The molecule has 0 aliphatic carbocycles. The average molecular weight is 204 g/mol. The summed E-state index contributed by atoms with van der Waals surface area (Å²) in [7, 11) is 4.13. The fourth-order valence-electron chi connectivity index (χ4n) is 0.953. The highest BCUT2D eigenvalue weighted by Crippen LogP contribution is 2.07. The third-order valence-corrected chi connectivity index (χ3v) is 1.85. The molecule has 0 N–H and O–H groups in total. The van der Waals surface area contributed by atoms with Gasteiger partial charge in [-0.1, -0.05) is 0 Å². The van der Waals surface area contributed by atoms with Crippen molar-refractivity contribution in [1.29, 1.82) is 0 Å². The molecular formula is C9H16O5. The van der Waals surface area contributed by atoms with E-state index in [0.717, 1.165) is 0 Å². The van der Waals surface area contributed by atoms with E-state index in [1.54, 1.807) is 0 Å². The number of carbonyl (C=O) groups is 2. The predicted octanol–water partition coefficient (Wildman–Crippen LogP) is 0.518. The minimum absolute atomic E-state index is 0.157. The first-order valence-corrected chi connectivity index (χ1v) is 4.30. The van der Waals surface area contributed by atoms with E-state index in [2.05, 4.69) is 9.47 Å². The zero-order chi connectivity index (χ0) is 11.0. The predicted molar refractivity (Wildman–Crippen MR) is 48.7 cm³/mol. The first kappa shape index (κ1) is 12.9. The van der Waals surface area contributed by atoms with Crippen LogP contribution < -0.4 is 0 Å². The van der Waals surface area contributed by atoms with Crippen LogP contribution >= 0.6 is 0 Å². The third-order valence-electron chi connectivity index (χ3n) is 1.85. The minimum Gasteiger partial charge on any atom is -0.469 e. The molecule has 82 valence electrons. The van der Waals surface area contributed by atoms with Crippen molar-refractivity contribution in [3.63, 3.8) is 0 Å². The van der Waals surface area contributed by atoms with Crippen LogP contribution in [0.25, 0.3) is 0 Å². The van der Waals surface area contributed by atoms with E-state index in [-0.39, 0.29) is 30.9 Å². The summed E-state index contributed by atoms with van der Waals surface area (Å²) < 4.78 is 14.0. The second kappa shape index (κ2) is 7.32. The van der Waals surface area contributed by atoms with Gasteiger partial charge in [0.15, 0.2) is 0 Å². The average Bonchev–Trinajstić information content (AvgIpc) is 2.22. The molecule has 0 bridgehead atoms. The standard InChI is InChI=1S/C9H16O5/c1-12-7(6-9(11)14-3)4-5-8(10)13-2/h7H,4-6H2,1-3H3/t7-/m0/s1. The summed E-state index contributed by atoms with van der Waals surface area (Å²) in [6, 6.07) is 0. The second-order valence-corrected chi connectivity index (χ2v) is 2.75. The summed E-state index contributed by atoms with van der Waals surface area (Å²) in [6.45, 7) is 0. The summed E-state index contributed by atoms with van der Waals surface area (Å²) in [6.07, 6.45) is 0.565. The Balaban J connectivity index is 3.79. The highest BCUT2D eigenvalue weighted by Gasteiger charge is 2.15. The maximum atomic E-state index is 10.9. The van der Waals surface area contributed by atoms with Gasteiger partial charge in [-0.25, -0.2) is 0 Å². The highest BCUT2D eigenvalue weighted by molar-refractivity contribution is 5.71. The van der Waals surface area contributed by atoms with E-state index in [0.29, 0.717) is 6.42 Å². The van der Waals surface area contributed by atoms with Crippen molar-refractivity contribution in [3.8, 4) is 0 Å². The number of methoxy groups -OCH3 is 3. The van der Waals surface area contributed by atoms with Gasteiger partial charge in [-0.3, -0.25) is 9.59 Å². The molecule has 5 nitrogen and oxygen atoms in total. The first-order chi connectivity index (χ1) is 6.63. The van der Waals surface area contributed by atoms with E-state index >= 15 is 0 Å². The number of carbonyl (C=O) groups excluding carboxylic acids is 2. The number of hydrogen-bond acceptors (Lipinski definition) is 5. The molecule has 0 aromatic carbocycles. The highest BCUT2D eigenvalue weighted by atomic mass is 16.5. The fourth-order valence-corrected chi connectivity index (χ4v) is 0.953. The van der Waals surface area contributed by atoms with E-state index < -0.39 is 0 Å². The molecule has 0 saturated heterocycles. The van der Waals surface area contributed by atoms with Crippen molar-refractivity contribution >= 4 is 11.9 Å². The Morgan fingerprint density at radius 3 is 2.07 bits per heavy atom. The lowest BCUT2D eigenvalue weighted by Crippen LogP contribution is -2.18. The maximum absolute atomic E-state index is 10.9. The monoisotopic (exact) mass is 204 g/mol. The molecule has 0 aliphatic rings. The number of hydrogen-bond donors (Lipinski definition) is 0. The van der Waals surface area contributed by atoms with Crippen LogP contribution in [0.4, 0.5) is 0 Å². The van der Waals surface area contributed by atoms with Gasteiger partial charge in [0.1, 0.15) is 0 Å². The van der Waals surface area contributed by atoms with Gasteiger partial charge in [0, 0.05) is 13.5 Å². The molecule has 0 aromatic heterocycles. The van der Waals surface area contributed by atoms with Gasteiger partial charge in [0.2, 0.25) is 0 Å². The summed E-state index contributed by atoms with van der Waals surface area (Å²) >= 11 is 0. The van der Waals surface area contributed by atoms with Gasteiger partial charge < -0.3 is 14.2 Å². The molecule has 0 rings (SSSR count). The summed E-state index contributed by atoms with van der Waals surface area (Å²) in [5.74, 6) is -0.654. The molecule has 14 heavy (non-hydrogen) atoms. The minimum atomic E-state index is -0.346. The van der Waals surface area contributed by atoms with Crippen molar-refractivity contribution in [3.05, 3.63) is 0 Å². The van der Waals surface area contributed by atoms with Crippen LogP contribution in [0.1, 0.15) is 19.3 Å². The molecule has 0 saturated carbocycles. The van der Waals surface area contributed by atoms with Crippen LogP contribution in [0.3, 0.4) is 0 Å². The smallest absolute Gasteiger partial charge is 0.308 e. The van der Waals surface area contributed by atoms with Crippen molar-refractivity contribution in [2.45, 2.75) is 25.4 Å². The van der Waals surface area contributed by atoms with Crippen LogP contribution in [0.2, 0.25) is 0 Å². The molecule has 0 unspecified atom stereocenters. The fraction of sp³-hybridized carbons (Fsp3) is 0.778. The number of ether oxygens (including phenoxy) is 3. The topological polar surface area (TPSA) is 61.8 Å². The lowest BCUT2D eigenvalue weighted by molar-refractivity contribution is -0.145. The van der Waals surface area contributed by atoms with Crippen LogP contribution in [0.5, 0.6) is 0 Å². The Morgan fingerprint density at radius 1 is 1.07 bits per heavy atom. The van der Waals surface area contributed by atoms with E-state index in [4.69, 9.17) is 4.74 Å². The largest absolute Gasteiger partial charge is 0.469 e. The second-order valence-electron chi connectivity index (χ2n) is 2.75. The van der Waals surface area contributed by atoms with Gasteiger partial charge >= 0.3 is 11.9 Å². The molecule has 0 fully saturated rings. The van der Waals surface area contributed by atoms with E-state index in [1.807, 2.05) is 0 Å². The zero-order valence-electron chi connectivity index (χ0n) is 8.74. The van der Waals surface area contributed by atoms with Gasteiger partial charge in [-0.15, -0.1) is 0 Å².